The predicted octanol–water partition coefficient (Wildman–Crippen LogP) is 5.23. The van der Waals surface area contributed by atoms with Crippen LogP contribution < -0.4 is 10.6 Å². The van der Waals surface area contributed by atoms with Gasteiger partial charge in [-0.05, 0) is 49.7 Å². The van der Waals surface area contributed by atoms with Crippen molar-refractivity contribution in [2.75, 3.05) is 10.6 Å². The summed E-state index contributed by atoms with van der Waals surface area (Å²) >= 11 is 5.92. The summed E-state index contributed by atoms with van der Waals surface area (Å²) in [5.74, 6) is 0.667. The summed E-state index contributed by atoms with van der Waals surface area (Å²) in [6.07, 6.45) is 0. The second-order valence-corrected chi connectivity index (χ2v) is 5.66. The van der Waals surface area contributed by atoms with E-state index in [4.69, 9.17) is 11.6 Å². The van der Waals surface area contributed by atoms with Crippen molar-refractivity contribution in [2.45, 2.75) is 13.8 Å². The smallest absolute Gasteiger partial charge is 0.224 e. The van der Waals surface area contributed by atoms with Gasteiger partial charge in [0.2, 0.25) is 5.28 Å². The summed E-state index contributed by atoms with van der Waals surface area (Å²) in [7, 11) is 0. The maximum Gasteiger partial charge on any atom is 0.224 e. The molecule has 0 aliphatic heterocycles. The molecule has 1 heterocycles. The highest BCUT2D eigenvalue weighted by Gasteiger charge is 2.05. The second kappa shape index (κ2) is 6.67. The Balaban J connectivity index is 1.86. The molecule has 0 radical (unpaired) electrons. The number of aromatic nitrogens is 2. The Hall–Kier alpha value is -2.59. The van der Waals surface area contributed by atoms with Crippen LogP contribution in [0.5, 0.6) is 0 Å². The Morgan fingerprint density at radius 3 is 2.13 bits per heavy atom. The number of anilines is 4. The Kier molecular flexibility index (Phi) is 4.44. The van der Waals surface area contributed by atoms with Crippen molar-refractivity contribution in [1.29, 1.82) is 0 Å². The second-order valence-electron chi connectivity index (χ2n) is 5.33. The lowest BCUT2D eigenvalue weighted by Gasteiger charge is -2.14. The average Bonchev–Trinajstić information content (AvgIpc) is 2.50. The maximum absolute atomic E-state index is 5.92. The van der Waals surface area contributed by atoms with Crippen molar-refractivity contribution in [2.24, 2.45) is 0 Å². The van der Waals surface area contributed by atoms with Gasteiger partial charge in [0.1, 0.15) is 5.82 Å². The van der Waals surface area contributed by atoms with Gasteiger partial charge in [-0.3, -0.25) is 0 Å². The van der Waals surface area contributed by atoms with Crippen LogP contribution in [0.15, 0.2) is 54.6 Å². The standard InChI is InChI=1S/C18H17ClN4/c1-12-7-9-14(10-8-12)21-15-5-3-4-6-16(15)22-17-11-13(2)20-18(19)23-17/h3-11,21H,1-2H3,(H,20,22,23). The minimum absolute atomic E-state index is 0.233. The molecule has 0 aliphatic carbocycles. The summed E-state index contributed by atoms with van der Waals surface area (Å²) in [5, 5.41) is 6.93. The van der Waals surface area contributed by atoms with E-state index in [1.165, 1.54) is 5.56 Å². The van der Waals surface area contributed by atoms with Crippen LogP contribution in [0, 0.1) is 13.8 Å². The number of hydrogen-bond donors (Lipinski definition) is 2. The zero-order chi connectivity index (χ0) is 16.2. The topological polar surface area (TPSA) is 49.8 Å². The number of para-hydroxylation sites is 2. The van der Waals surface area contributed by atoms with Crippen LogP contribution in [0.4, 0.5) is 22.9 Å². The Morgan fingerprint density at radius 1 is 0.826 bits per heavy atom. The largest absolute Gasteiger partial charge is 0.354 e. The summed E-state index contributed by atoms with van der Waals surface area (Å²) in [6.45, 7) is 3.95. The highest BCUT2D eigenvalue weighted by Crippen LogP contribution is 2.28. The first-order valence-electron chi connectivity index (χ1n) is 7.31. The number of benzene rings is 2. The molecule has 1 aromatic heterocycles. The van der Waals surface area contributed by atoms with E-state index in [1.807, 2.05) is 37.3 Å². The van der Waals surface area contributed by atoms with Crippen molar-refractivity contribution < 1.29 is 0 Å². The van der Waals surface area contributed by atoms with Crippen molar-refractivity contribution in [3.05, 3.63) is 71.1 Å². The average molecular weight is 325 g/mol. The number of nitrogens with zero attached hydrogens (tertiary/aromatic N) is 2. The SMILES string of the molecule is Cc1ccc(Nc2ccccc2Nc2cc(C)nc(Cl)n2)cc1. The molecule has 0 unspecified atom stereocenters. The molecular formula is C18H17ClN4. The van der Waals surface area contributed by atoms with Crippen molar-refractivity contribution in [3.8, 4) is 0 Å². The van der Waals surface area contributed by atoms with Gasteiger partial charge < -0.3 is 10.6 Å². The fourth-order valence-electron chi connectivity index (χ4n) is 2.23. The van der Waals surface area contributed by atoms with Gasteiger partial charge in [0.15, 0.2) is 0 Å². The van der Waals surface area contributed by atoms with Crippen molar-refractivity contribution in [3.63, 3.8) is 0 Å². The Bertz CT molecular complexity index is 795. The summed E-state index contributed by atoms with van der Waals surface area (Å²) < 4.78 is 0. The molecular weight excluding hydrogens is 308 g/mol. The lowest BCUT2D eigenvalue weighted by Crippen LogP contribution is -2.00. The maximum atomic E-state index is 5.92. The van der Waals surface area contributed by atoms with Crippen LogP contribution in [0.25, 0.3) is 0 Å². The van der Waals surface area contributed by atoms with Crippen molar-refractivity contribution in [1.82, 2.24) is 9.97 Å². The van der Waals surface area contributed by atoms with Crippen LogP contribution in [0.1, 0.15) is 11.3 Å². The molecule has 2 N–H and O–H groups in total. The molecule has 0 bridgehead atoms. The van der Waals surface area contributed by atoms with Gasteiger partial charge >= 0.3 is 0 Å². The molecule has 116 valence electrons. The molecule has 0 atom stereocenters. The van der Waals surface area contributed by atoms with Gasteiger partial charge in [0, 0.05) is 17.4 Å². The number of aryl methyl sites for hydroxylation is 2. The first-order chi connectivity index (χ1) is 11.1. The monoisotopic (exact) mass is 324 g/mol. The summed E-state index contributed by atoms with van der Waals surface area (Å²) in [4.78, 5) is 8.28. The number of halogens is 1. The van der Waals surface area contributed by atoms with E-state index in [9.17, 15) is 0 Å². The lowest BCUT2D eigenvalue weighted by atomic mass is 10.2. The van der Waals surface area contributed by atoms with Crippen LogP contribution in [-0.2, 0) is 0 Å². The van der Waals surface area contributed by atoms with Gasteiger partial charge in [-0.2, -0.15) is 0 Å². The molecule has 5 heteroatoms. The van der Waals surface area contributed by atoms with E-state index in [2.05, 4.69) is 51.8 Å². The predicted molar refractivity (Wildman–Crippen MR) is 96.0 cm³/mol. The van der Waals surface area contributed by atoms with E-state index in [0.717, 1.165) is 22.8 Å². The molecule has 0 saturated carbocycles. The first kappa shape index (κ1) is 15.3. The lowest BCUT2D eigenvalue weighted by molar-refractivity contribution is 1.10. The van der Waals surface area contributed by atoms with Crippen LogP contribution >= 0.6 is 11.6 Å². The summed E-state index contributed by atoms with van der Waals surface area (Å²) in [5.41, 5.74) is 4.96. The Labute approximate surface area is 140 Å². The van der Waals surface area contributed by atoms with Gasteiger partial charge in [-0.1, -0.05) is 29.8 Å². The molecule has 0 saturated heterocycles. The quantitative estimate of drug-likeness (QED) is 0.645. The molecule has 0 amide bonds. The zero-order valence-corrected chi connectivity index (χ0v) is 13.7. The van der Waals surface area contributed by atoms with E-state index in [1.54, 1.807) is 0 Å². The third-order valence-electron chi connectivity index (χ3n) is 3.35. The van der Waals surface area contributed by atoms with Crippen LogP contribution in [0.3, 0.4) is 0 Å². The van der Waals surface area contributed by atoms with Crippen LogP contribution in [0.2, 0.25) is 5.28 Å². The molecule has 23 heavy (non-hydrogen) atoms. The van der Waals surface area contributed by atoms with Gasteiger partial charge in [0.25, 0.3) is 0 Å². The minimum atomic E-state index is 0.233. The first-order valence-corrected chi connectivity index (χ1v) is 7.69. The molecule has 3 rings (SSSR count). The normalized spacial score (nSPS) is 10.4. The fraction of sp³-hybridized carbons (Fsp3) is 0.111. The van der Waals surface area contributed by atoms with Gasteiger partial charge in [-0.25, -0.2) is 9.97 Å². The third kappa shape index (κ3) is 3.99. The third-order valence-corrected chi connectivity index (χ3v) is 3.52. The molecule has 4 nitrogen and oxygen atoms in total. The minimum Gasteiger partial charge on any atom is -0.354 e. The zero-order valence-electron chi connectivity index (χ0n) is 13.0. The highest BCUT2D eigenvalue weighted by atomic mass is 35.5. The number of rotatable bonds is 4. The molecule has 2 aromatic carbocycles. The fourth-order valence-corrected chi connectivity index (χ4v) is 2.45. The molecule has 0 spiro atoms. The van der Waals surface area contributed by atoms with Gasteiger partial charge in [0.05, 0.1) is 11.4 Å². The van der Waals surface area contributed by atoms with E-state index in [-0.39, 0.29) is 5.28 Å². The van der Waals surface area contributed by atoms with Crippen LogP contribution in [-0.4, -0.2) is 9.97 Å². The number of nitrogens with one attached hydrogen (secondary N) is 2. The van der Waals surface area contributed by atoms with E-state index < -0.39 is 0 Å². The number of hydrogen-bond acceptors (Lipinski definition) is 4. The summed E-state index contributed by atoms with van der Waals surface area (Å²) in [6, 6.07) is 18.1. The van der Waals surface area contributed by atoms with E-state index >= 15 is 0 Å². The highest BCUT2D eigenvalue weighted by molar-refractivity contribution is 6.28. The molecule has 3 aromatic rings. The van der Waals surface area contributed by atoms with E-state index in [0.29, 0.717) is 5.82 Å². The van der Waals surface area contributed by atoms with Crippen molar-refractivity contribution >= 4 is 34.5 Å². The molecule has 0 fully saturated rings. The molecule has 0 aliphatic rings. The van der Waals surface area contributed by atoms with Gasteiger partial charge in [-0.15, -0.1) is 0 Å². The Morgan fingerprint density at radius 2 is 1.48 bits per heavy atom.